The van der Waals surface area contributed by atoms with Crippen LogP contribution >= 0.6 is 0 Å². The first-order chi connectivity index (χ1) is 9.79. The molecule has 0 fully saturated rings. The molecule has 102 valence electrons. The van der Waals surface area contributed by atoms with E-state index >= 15 is 0 Å². The van der Waals surface area contributed by atoms with Gasteiger partial charge < -0.3 is 5.32 Å². The quantitative estimate of drug-likeness (QED) is 0.789. The average Bonchev–Trinajstić information content (AvgIpc) is 2.96. The van der Waals surface area contributed by atoms with Gasteiger partial charge in [-0.3, -0.25) is 0 Å². The monoisotopic (exact) mass is 267 g/mol. The molecule has 0 amide bonds. The van der Waals surface area contributed by atoms with Crippen LogP contribution in [0.3, 0.4) is 0 Å². The molecule has 1 atom stereocenters. The molecule has 0 spiro atoms. The summed E-state index contributed by atoms with van der Waals surface area (Å²) in [7, 11) is 0. The van der Waals surface area contributed by atoms with Crippen LogP contribution in [0.2, 0.25) is 0 Å². The molecule has 3 aromatic rings. The maximum absolute atomic E-state index is 4.13. The van der Waals surface area contributed by atoms with Gasteiger partial charge in [-0.15, -0.1) is 5.10 Å². The second kappa shape index (κ2) is 5.38. The van der Waals surface area contributed by atoms with Crippen molar-refractivity contribution in [2.75, 3.05) is 6.54 Å². The molecule has 0 saturated heterocycles. The van der Waals surface area contributed by atoms with Crippen molar-refractivity contribution in [3.8, 4) is 5.69 Å². The maximum Gasteiger partial charge on any atom is 0.173 e. The van der Waals surface area contributed by atoms with E-state index in [0.29, 0.717) is 0 Å². The van der Waals surface area contributed by atoms with Gasteiger partial charge in [-0.25, -0.2) is 0 Å². The molecule has 20 heavy (non-hydrogen) atoms. The van der Waals surface area contributed by atoms with E-state index in [4.69, 9.17) is 0 Å². The number of benzene rings is 2. The summed E-state index contributed by atoms with van der Waals surface area (Å²) in [4.78, 5) is 0. The molecule has 1 unspecified atom stereocenters. The van der Waals surface area contributed by atoms with Crippen LogP contribution < -0.4 is 5.32 Å². The van der Waals surface area contributed by atoms with E-state index in [1.807, 2.05) is 18.2 Å². The van der Waals surface area contributed by atoms with Crippen LogP contribution in [0.4, 0.5) is 0 Å². The zero-order valence-electron chi connectivity index (χ0n) is 11.6. The van der Waals surface area contributed by atoms with Gasteiger partial charge in [0.25, 0.3) is 0 Å². The highest BCUT2D eigenvalue weighted by molar-refractivity contribution is 5.84. The van der Waals surface area contributed by atoms with Crippen LogP contribution in [0.15, 0.2) is 42.5 Å². The lowest BCUT2D eigenvalue weighted by molar-refractivity contribution is 0.550. The Balaban J connectivity index is 2.05. The standard InChI is InChI=1S/C15H17N5/c1-3-16-11(2)15-17-18-19-20(15)14-9-8-12-6-4-5-7-13(12)10-14/h4-11,16H,3H2,1-2H3. The molecule has 2 aromatic carbocycles. The minimum absolute atomic E-state index is 0.112. The Kier molecular flexibility index (Phi) is 3.43. The predicted octanol–water partition coefficient (Wildman–Crippen LogP) is 2.49. The molecule has 1 aromatic heterocycles. The van der Waals surface area contributed by atoms with Crippen LogP contribution in [0.5, 0.6) is 0 Å². The Morgan fingerprint density at radius 2 is 1.95 bits per heavy atom. The lowest BCUT2D eigenvalue weighted by atomic mass is 10.1. The SMILES string of the molecule is CCNC(C)c1nnnn1-c1ccc2ccccc2c1. The fraction of sp³-hybridized carbons (Fsp3) is 0.267. The largest absolute Gasteiger partial charge is 0.308 e. The van der Waals surface area contributed by atoms with E-state index in [9.17, 15) is 0 Å². The van der Waals surface area contributed by atoms with Crippen molar-refractivity contribution in [2.24, 2.45) is 0 Å². The number of aromatic nitrogens is 4. The van der Waals surface area contributed by atoms with Crippen molar-refractivity contribution >= 4 is 10.8 Å². The molecule has 0 aliphatic rings. The number of nitrogens with one attached hydrogen (secondary N) is 1. The van der Waals surface area contributed by atoms with Gasteiger partial charge in [-0.1, -0.05) is 37.3 Å². The molecule has 0 saturated carbocycles. The number of hydrogen-bond donors (Lipinski definition) is 1. The van der Waals surface area contributed by atoms with Gasteiger partial charge in [0.1, 0.15) is 0 Å². The summed E-state index contributed by atoms with van der Waals surface area (Å²) in [6.07, 6.45) is 0. The van der Waals surface area contributed by atoms with Crippen LogP contribution in [-0.2, 0) is 0 Å². The fourth-order valence-corrected chi connectivity index (χ4v) is 2.35. The fourth-order valence-electron chi connectivity index (χ4n) is 2.35. The Morgan fingerprint density at radius 1 is 1.15 bits per heavy atom. The molecule has 0 aliphatic carbocycles. The molecule has 1 heterocycles. The lowest BCUT2D eigenvalue weighted by Crippen LogP contribution is -2.21. The van der Waals surface area contributed by atoms with Crippen molar-refractivity contribution < 1.29 is 0 Å². The normalized spacial score (nSPS) is 12.7. The number of fused-ring (bicyclic) bond motifs is 1. The van der Waals surface area contributed by atoms with Gasteiger partial charge in [-0.2, -0.15) is 4.68 Å². The summed E-state index contributed by atoms with van der Waals surface area (Å²) in [5.41, 5.74) is 0.980. The molecule has 0 radical (unpaired) electrons. The van der Waals surface area contributed by atoms with Crippen molar-refractivity contribution in [1.29, 1.82) is 0 Å². The Bertz CT molecular complexity index is 719. The summed E-state index contributed by atoms with van der Waals surface area (Å²) < 4.78 is 1.79. The summed E-state index contributed by atoms with van der Waals surface area (Å²) >= 11 is 0. The predicted molar refractivity (Wildman–Crippen MR) is 78.8 cm³/mol. The topological polar surface area (TPSA) is 55.6 Å². The Hall–Kier alpha value is -2.27. The zero-order chi connectivity index (χ0) is 13.9. The van der Waals surface area contributed by atoms with Gasteiger partial charge >= 0.3 is 0 Å². The molecule has 5 heteroatoms. The third-order valence-corrected chi connectivity index (χ3v) is 3.37. The number of nitrogens with zero attached hydrogens (tertiary/aromatic N) is 4. The van der Waals surface area contributed by atoms with Crippen molar-refractivity contribution in [2.45, 2.75) is 19.9 Å². The van der Waals surface area contributed by atoms with Crippen molar-refractivity contribution in [3.05, 3.63) is 48.3 Å². The Morgan fingerprint density at radius 3 is 2.75 bits per heavy atom. The first-order valence-electron chi connectivity index (χ1n) is 6.80. The highest BCUT2D eigenvalue weighted by Gasteiger charge is 2.14. The highest BCUT2D eigenvalue weighted by atomic mass is 15.5. The second-order valence-electron chi connectivity index (χ2n) is 4.76. The minimum atomic E-state index is 0.112. The van der Waals surface area contributed by atoms with E-state index in [-0.39, 0.29) is 6.04 Å². The number of tetrazole rings is 1. The number of rotatable bonds is 4. The zero-order valence-corrected chi connectivity index (χ0v) is 11.6. The van der Waals surface area contributed by atoms with Crippen LogP contribution in [-0.4, -0.2) is 26.8 Å². The van der Waals surface area contributed by atoms with Crippen LogP contribution in [0, 0.1) is 0 Å². The van der Waals surface area contributed by atoms with Crippen LogP contribution in [0.1, 0.15) is 25.7 Å². The van der Waals surface area contributed by atoms with E-state index in [0.717, 1.165) is 18.1 Å². The highest BCUT2D eigenvalue weighted by Crippen LogP contribution is 2.20. The summed E-state index contributed by atoms with van der Waals surface area (Å²) in [5, 5.41) is 17.8. The average molecular weight is 267 g/mol. The molecular weight excluding hydrogens is 250 g/mol. The molecule has 3 rings (SSSR count). The third-order valence-electron chi connectivity index (χ3n) is 3.37. The number of hydrogen-bond acceptors (Lipinski definition) is 4. The van der Waals surface area contributed by atoms with E-state index in [2.05, 4.69) is 59.0 Å². The third kappa shape index (κ3) is 2.28. The molecule has 0 bridgehead atoms. The van der Waals surface area contributed by atoms with Gasteiger partial charge in [0, 0.05) is 0 Å². The smallest absolute Gasteiger partial charge is 0.173 e. The minimum Gasteiger partial charge on any atom is -0.308 e. The molecule has 0 aliphatic heterocycles. The Labute approximate surface area is 117 Å². The van der Waals surface area contributed by atoms with Gasteiger partial charge in [0.05, 0.1) is 11.7 Å². The first-order valence-corrected chi connectivity index (χ1v) is 6.80. The maximum atomic E-state index is 4.13. The second-order valence-corrected chi connectivity index (χ2v) is 4.76. The first kappa shape index (κ1) is 12.7. The van der Waals surface area contributed by atoms with E-state index < -0.39 is 0 Å². The molecule has 5 nitrogen and oxygen atoms in total. The van der Waals surface area contributed by atoms with Gasteiger partial charge in [0.15, 0.2) is 5.82 Å². The van der Waals surface area contributed by atoms with Gasteiger partial charge in [0.2, 0.25) is 0 Å². The van der Waals surface area contributed by atoms with Crippen LogP contribution in [0.25, 0.3) is 16.5 Å². The van der Waals surface area contributed by atoms with E-state index in [1.54, 1.807) is 4.68 Å². The van der Waals surface area contributed by atoms with Crippen molar-refractivity contribution in [3.63, 3.8) is 0 Å². The summed E-state index contributed by atoms with van der Waals surface area (Å²) in [5.74, 6) is 0.821. The van der Waals surface area contributed by atoms with Crippen molar-refractivity contribution in [1.82, 2.24) is 25.5 Å². The summed E-state index contributed by atoms with van der Waals surface area (Å²) in [6.45, 7) is 5.01. The summed E-state index contributed by atoms with van der Waals surface area (Å²) in [6, 6.07) is 14.6. The molecular formula is C15H17N5. The van der Waals surface area contributed by atoms with E-state index in [1.165, 1.54) is 10.8 Å². The van der Waals surface area contributed by atoms with Gasteiger partial charge in [-0.05, 0) is 46.8 Å². The lowest BCUT2D eigenvalue weighted by Gasteiger charge is -2.12. The molecule has 1 N–H and O–H groups in total.